The van der Waals surface area contributed by atoms with Crippen molar-refractivity contribution in [3.63, 3.8) is 0 Å². The second kappa shape index (κ2) is 7.33. The van der Waals surface area contributed by atoms with Crippen molar-refractivity contribution in [2.24, 2.45) is 0 Å². The molecule has 2 N–H and O–H groups in total. The summed E-state index contributed by atoms with van der Waals surface area (Å²) in [6, 6.07) is 11.6. The van der Waals surface area contributed by atoms with Crippen molar-refractivity contribution in [2.45, 2.75) is 17.9 Å². The van der Waals surface area contributed by atoms with E-state index in [4.69, 9.17) is 9.47 Å². The number of carbonyl (C=O) groups excluding carboxylic acids is 1. The van der Waals surface area contributed by atoms with Gasteiger partial charge in [0.15, 0.2) is 6.10 Å². The van der Waals surface area contributed by atoms with Crippen molar-refractivity contribution in [3.05, 3.63) is 42.5 Å². The Morgan fingerprint density at radius 1 is 1.11 bits per heavy atom. The molecule has 1 amide bonds. The summed E-state index contributed by atoms with van der Waals surface area (Å²) in [5.74, 6) is 0.134. The van der Waals surface area contributed by atoms with Gasteiger partial charge in [-0.3, -0.25) is 9.52 Å². The summed E-state index contributed by atoms with van der Waals surface area (Å²) in [5, 5.41) is 2.66. The Morgan fingerprint density at radius 2 is 1.82 bits per heavy atom. The van der Waals surface area contributed by atoms with E-state index in [2.05, 4.69) is 14.9 Å². The number of rotatable bonds is 4. The number of benzene rings is 2. The normalized spacial score (nSPS) is 19.4. The van der Waals surface area contributed by atoms with Gasteiger partial charge in [-0.15, -0.1) is 0 Å². The molecular weight excluding hydrogens is 382 g/mol. The van der Waals surface area contributed by atoms with E-state index in [0.717, 1.165) is 18.8 Å². The Kier molecular flexibility index (Phi) is 4.86. The number of sulfonamides is 1. The van der Waals surface area contributed by atoms with Crippen LogP contribution in [-0.2, 0) is 19.6 Å². The van der Waals surface area contributed by atoms with Crippen LogP contribution in [-0.4, -0.2) is 46.7 Å². The maximum absolute atomic E-state index is 12.7. The third kappa shape index (κ3) is 3.76. The lowest BCUT2D eigenvalue weighted by molar-refractivity contribution is -0.122. The number of morpholine rings is 1. The fourth-order valence-electron chi connectivity index (χ4n) is 3.13. The molecule has 0 bridgehead atoms. The van der Waals surface area contributed by atoms with Gasteiger partial charge in [0.05, 0.1) is 23.8 Å². The number of ether oxygens (including phenoxy) is 2. The summed E-state index contributed by atoms with van der Waals surface area (Å²) in [7, 11) is -3.81. The van der Waals surface area contributed by atoms with Crippen molar-refractivity contribution in [3.8, 4) is 5.75 Å². The Labute approximate surface area is 163 Å². The van der Waals surface area contributed by atoms with Gasteiger partial charge in [-0.1, -0.05) is 0 Å². The molecule has 1 fully saturated rings. The van der Waals surface area contributed by atoms with E-state index < -0.39 is 16.1 Å². The van der Waals surface area contributed by atoms with Crippen molar-refractivity contribution in [2.75, 3.05) is 41.2 Å². The molecular formula is C19H21N3O5S. The Balaban J connectivity index is 1.51. The molecule has 9 heteroatoms. The van der Waals surface area contributed by atoms with Crippen molar-refractivity contribution < 1.29 is 22.7 Å². The molecule has 0 radical (unpaired) electrons. The molecule has 1 unspecified atom stereocenters. The molecule has 148 valence electrons. The van der Waals surface area contributed by atoms with Crippen LogP contribution in [0.25, 0.3) is 0 Å². The fraction of sp³-hybridized carbons (Fsp3) is 0.316. The van der Waals surface area contributed by atoms with E-state index in [1.165, 1.54) is 12.1 Å². The molecule has 2 heterocycles. The standard InChI is InChI=1S/C19H21N3O5S/c1-13-19(23)20-17-12-16(6-7-18(17)27-13)28(24,25)21-14-2-4-15(5-3-14)22-8-10-26-11-9-22/h2-7,12-13,21H,8-11H2,1H3,(H,20,23). The summed E-state index contributed by atoms with van der Waals surface area (Å²) in [6.07, 6.45) is -0.613. The molecule has 2 aliphatic heterocycles. The van der Waals surface area contributed by atoms with Crippen LogP contribution in [0.15, 0.2) is 47.4 Å². The van der Waals surface area contributed by atoms with Crippen LogP contribution in [0.3, 0.4) is 0 Å². The Bertz CT molecular complexity index is 985. The second-order valence-corrected chi connectivity index (χ2v) is 8.34. The number of amides is 1. The first-order valence-corrected chi connectivity index (χ1v) is 10.5. The summed E-state index contributed by atoms with van der Waals surface area (Å²) >= 11 is 0. The predicted molar refractivity (Wildman–Crippen MR) is 105 cm³/mol. The molecule has 0 saturated carbocycles. The molecule has 4 rings (SSSR count). The first-order chi connectivity index (χ1) is 13.4. The van der Waals surface area contributed by atoms with Crippen LogP contribution in [0.4, 0.5) is 17.1 Å². The number of nitrogens with one attached hydrogen (secondary N) is 2. The van der Waals surface area contributed by atoms with Crippen LogP contribution in [0.1, 0.15) is 6.92 Å². The molecule has 0 aliphatic carbocycles. The maximum atomic E-state index is 12.7. The van der Waals surface area contributed by atoms with Crippen LogP contribution < -0.4 is 19.7 Å². The molecule has 8 nitrogen and oxygen atoms in total. The quantitative estimate of drug-likeness (QED) is 0.811. The van der Waals surface area contributed by atoms with Gasteiger partial charge in [0.2, 0.25) is 0 Å². The number of nitrogens with zero attached hydrogens (tertiary/aromatic N) is 1. The first kappa shape index (κ1) is 18.6. The lowest BCUT2D eigenvalue weighted by atomic mass is 10.2. The number of fused-ring (bicyclic) bond motifs is 1. The van der Waals surface area contributed by atoms with Gasteiger partial charge in [0, 0.05) is 24.5 Å². The minimum Gasteiger partial charge on any atom is -0.479 e. The van der Waals surface area contributed by atoms with Crippen LogP contribution >= 0.6 is 0 Å². The van der Waals surface area contributed by atoms with E-state index in [1.54, 1.807) is 25.1 Å². The van der Waals surface area contributed by atoms with E-state index in [9.17, 15) is 13.2 Å². The minimum atomic E-state index is -3.81. The van der Waals surface area contributed by atoms with Gasteiger partial charge < -0.3 is 19.7 Å². The van der Waals surface area contributed by atoms with Gasteiger partial charge in [-0.05, 0) is 49.4 Å². The second-order valence-electron chi connectivity index (χ2n) is 6.66. The van der Waals surface area contributed by atoms with E-state index in [1.807, 2.05) is 12.1 Å². The lowest BCUT2D eigenvalue weighted by Crippen LogP contribution is -2.36. The van der Waals surface area contributed by atoms with E-state index >= 15 is 0 Å². The average Bonchev–Trinajstić information content (AvgIpc) is 2.69. The van der Waals surface area contributed by atoms with Crippen LogP contribution in [0.5, 0.6) is 5.75 Å². The van der Waals surface area contributed by atoms with Crippen molar-refractivity contribution >= 4 is 33.0 Å². The third-order valence-corrected chi connectivity index (χ3v) is 6.07. The SMILES string of the molecule is CC1Oc2ccc(S(=O)(=O)Nc3ccc(N4CCOCC4)cc3)cc2NC1=O. The third-order valence-electron chi connectivity index (χ3n) is 4.69. The molecule has 28 heavy (non-hydrogen) atoms. The van der Waals surface area contributed by atoms with E-state index in [0.29, 0.717) is 30.3 Å². The van der Waals surface area contributed by atoms with Gasteiger partial charge in [-0.2, -0.15) is 0 Å². The zero-order valence-electron chi connectivity index (χ0n) is 15.3. The highest BCUT2D eigenvalue weighted by atomic mass is 32.2. The molecule has 0 aromatic heterocycles. The monoisotopic (exact) mass is 403 g/mol. The fourth-order valence-corrected chi connectivity index (χ4v) is 4.22. The average molecular weight is 403 g/mol. The summed E-state index contributed by atoms with van der Waals surface area (Å²) in [4.78, 5) is 14.0. The Morgan fingerprint density at radius 3 is 2.54 bits per heavy atom. The maximum Gasteiger partial charge on any atom is 0.265 e. The predicted octanol–water partition coefficient (Wildman–Crippen LogP) is 2.04. The first-order valence-electron chi connectivity index (χ1n) is 8.99. The molecule has 2 aromatic rings. The van der Waals surface area contributed by atoms with Gasteiger partial charge in [0.25, 0.3) is 15.9 Å². The molecule has 2 aliphatic rings. The molecule has 2 aromatic carbocycles. The molecule has 1 atom stereocenters. The Hall–Kier alpha value is -2.78. The zero-order chi connectivity index (χ0) is 19.7. The van der Waals surface area contributed by atoms with Gasteiger partial charge >= 0.3 is 0 Å². The van der Waals surface area contributed by atoms with Crippen LogP contribution in [0, 0.1) is 0 Å². The van der Waals surface area contributed by atoms with Gasteiger partial charge in [0.1, 0.15) is 5.75 Å². The molecule has 1 saturated heterocycles. The minimum absolute atomic E-state index is 0.0435. The number of hydrogen-bond donors (Lipinski definition) is 2. The lowest BCUT2D eigenvalue weighted by Gasteiger charge is -2.28. The van der Waals surface area contributed by atoms with Crippen LogP contribution in [0.2, 0.25) is 0 Å². The highest BCUT2D eigenvalue weighted by Gasteiger charge is 2.25. The smallest absolute Gasteiger partial charge is 0.265 e. The topological polar surface area (TPSA) is 97.0 Å². The molecule has 0 spiro atoms. The highest BCUT2D eigenvalue weighted by molar-refractivity contribution is 7.92. The summed E-state index contributed by atoms with van der Waals surface area (Å²) in [5.41, 5.74) is 1.83. The number of anilines is 3. The summed E-state index contributed by atoms with van der Waals surface area (Å²) in [6.45, 7) is 4.63. The number of carbonyl (C=O) groups is 1. The highest BCUT2D eigenvalue weighted by Crippen LogP contribution is 2.32. The number of hydrogen-bond acceptors (Lipinski definition) is 6. The summed E-state index contributed by atoms with van der Waals surface area (Å²) < 4.78 is 38.8. The van der Waals surface area contributed by atoms with E-state index in [-0.39, 0.29) is 10.8 Å². The largest absolute Gasteiger partial charge is 0.479 e. The van der Waals surface area contributed by atoms with Crippen molar-refractivity contribution in [1.29, 1.82) is 0 Å². The zero-order valence-corrected chi connectivity index (χ0v) is 16.2. The van der Waals surface area contributed by atoms with Crippen molar-refractivity contribution in [1.82, 2.24) is 0 Å². The van der Waals surface area contributed by atoms with Gasteiger partial charge in [-0.25, -0.2) is 8.42 Å².